The number of nitrogens with zero attached hydrogens (tertiary/aromatic N) is 1. The van der Waals surface area contributed by atoms with Crippen LogP contribution < -0.4 is 19.7 Å². The molecule has 0 amide bonds. The zero-order chi connectivity index (χ0) is 28.9. The van der Waals surface area contributed by atoms with Gasteiger partial charge in [0.2, 0.25) is 0 Å². The smallest absolute Gasteiger partial charge is 0.337 e. The van der Waals surface area contributed by atoms with Crippen molar-refractivity contribution in [2.24, 2.45) is 0 Å². The number of esters is 1. The number of carbonyl (C=O) groups excluding carboxylic acids is 1. The van der Waals surface area contributed by atoms with E-state index in [-0.39, 0.29) is 12.0 Å². The molecule has 0 fully saturated rings. The van der Waals surface area contributed by atoms with Gasteiger partial charge in [-0.1, -0.05) is 59.7 Å². The van der Waals surface area contributed by atoms with Crippen molar-refractivity contribution in [2.45, 2.75) is 32.4 Å². The van der Waals surface area contributed by atoms with Crippen LogP contribution in [0.1, 0.15) is 40.8 Å². The Labute approximate surface area is 242 Å². The fourth-order valence-electron chi connectivity index (χ4n) is 5.42. The van der Waals surface area contributed by atoms with Crippen molar-refractivity contribution >= 4 is 17.3 Å². The van der Waals surface area contributed by atoms with Crippen molar-refractivity contribution in [2.75, 3.05) is 31.5 Å². The Morgan fingerprint density at radius 2 is 1.22 bits per heavy atom. The first kappa shape index (κ1) is 27.8. The first-order valence-corrected chi connectivity index (χ1v) is 13.7. The molecule has 0 saturated heterocycles. The molecular weight excluding hydrogens is 512 g/mol. The summed E-state index contributed by atoms with van der Waals surface area (Å²) in [6.45, 7) is 4.13. The molecule has 4 aromatic rings. The lowest BCUT2D eigenvalue weighted by atomic mass is 9.84. The Bertz CT molecular complexity index is 1510. The normalized spacial score (nSPS) is 16.8. The monoisotopic (exact) mass is 548 g/mol. The second-order valence-corrected chi connectivity index (χ2v) is 10.3. The molecule has 1 heterocycles. The minimum Gasteiger partial charge on any atom is -0.497 e. The molecule has 210 valence electrons. The largest absolute Gasteiger partial charge is 0.497 e. The third kappa shape index (κ3) is 5.92. The molecule has 0 bridgehead atoms. The quantitative estimate of drug-likeness (QED) is 0.229. The number of hydrogen-bond acceptors (Lipinski definition) is 6. The summed E-state index contributed by atoms with van der Waals surface area (Å²) in [5, 5.41) is 3.60. The summed E-state index contributed by atoms with van der Waals surface area (Å²) in [5.74, 6) is 1.17. The second kappa shape index (κ2) is 12.2. The van der Waals surface area contributed by atoms with E-state index >= 15 is 0 Å². The van der Waals surface area contributed by atoms with Crippen LogP contribution in [0.4, 0.5) is 11.4 Å². The maximum atomic E-state index is 13.7. The Balaban J connectivity index is 1.76. The Kier molecular flexibility index (Phi) is 8.29. The van der Waals surface area contributed by atoms with E-state index in [1.807, 2.05) is 48.5 Å². The molecule has 0 spiro atoms. The van der Waals surface area contributed by atoms with E-state index in [4.69, 9.17) is 14.2 Å². The van der Waals surface area contributed by atoms with E-state index in [2.05, 4.69) is 72.6 Å². The van der Waals surface area contributed by atoms with Gasteiger partial charge in [0.25, 0.3) is 0 Å². The van der Waals surface area contributed by atoms with Crippen LogP contribution in [0.5, 0.6) is 11.5 Å². The van der Waals surface area contributed by atoms with Crippen LogP contribution in [0.3, 0.4) is 0 Å². The third-order valence-electron chi connectivity index (χ3n) is 7.63. The molecule has 41 heavy (non-hydrogen) atoms. The summed E-state index contributed by atoms with van der Waals surface area (Å²) in [4.78, 5) is 16.0. The maximum absolute atomic E-state index is 13.7. The fraction of sp³-hybridized carbons (Fsp3) is 0.229. The van der Waals surface area contributed by atoms with E-state index < -0.39 is 6.04 Å². The van der Waals surface area contributed by atoms with Crippen LogP contribution in [0.25, 0.3) is 0 Å². The molecular formula is C35H36N2O4. The van der Waals surface area contributed by atoms with Crippen LogP contribution >= 0.6 is 0 Å². The molecule has 0 saturated carbocycles. The molecule has 6 nitrogen and oxygen atoms in total. The van der Waals surface area contributed by atoms with Crippen LogP contribution in [0.2, 0.25) is 0 Å². The summed E-state index contributed by atoms with van der Waals surface area (Å²) in [6.07, 6.45) is 0.561. The van der Waals surface area contributed by atoms with Gasteiger partial charge in [-0.25, -0.2) is 4.79 Å². The van der Waals surface area contributed by atoms with Crippen LogP contribution in [0, 0.1) is 13.8 Å². The number of rotatable bonds is 8. The highest BCUT2D eigenvalue weighted by atomic mass is 16.5. The molecule has 0 radical (unpaired) electrons. The molecule has 4 aromatic carbocycles. The first-order chi connectivity index (χ1) is 19.9. The molecule has 0 aromatic heterocycles. The van der Waals surface area contributed by atoms with E-state index in [0.717, 1.165) is 39.7 Å². The molecule has 0 aliphatic carbocycles. The van der Waals surface area contributed by atoms with Crippen molar-refractivity contribution < 1.29 is 19.0 Å². The van der Waals surface area contributed by atoms with Gasteiger partial charge in [0.1, 0.15) is 11.5 Å². The molecule has 6 heteroatoms. The van der Waals surface area contributed by atoms with Crippen molar-refractivity contribution in [1.82, 2.24) is 0 Å². The number of nitrogens with one attached hydrogen (secondary N) is 1. The summed E-state index contributed by atoms with van der Waals surface area (Å²) >= 11 is 0. The van der Waals surface area contributed by atoms with Gasteiger partial charge < -0.3 is 24.4 Å². The number of benzene rings is 4. The standard InChI is InChI=1S/C35H36N2O4/c1-23-6-14-27(15-7-23)36-31-22-32(25-10-18-29(39-3)19-11-25)37(28-16-8-24(2)9-17-28)34(33(31)35(38)41-5)26-12-20-30(40-4)21-13-26/h6-21,32,34,36H,22H2,1-5H3/t32-,34+/m0/s1. The number of carbonyl (C=O) groups is 1. The van der Waals surface area contributed by atoms with Gasteiger partial charge in [0.05, 0.1) is 39.0 Å². The van der Waals surface area contributed by atoms with E-state index in [9.17, 15) is 4.79 Å². The predicted octanol–water partition coefficient (Wildman–Crippen LogP) is 7.55. The van der Waals surface area contributed by atoms with Gasteiger partial charge in [0.15, 0.2) is 0 Å². The van der Waals surface area contributed by atoms with Crippen LogP contribution in [-0.2, 0) is 9.53 Å². The molecule has 1 aliphatic rings. The van der Waals surface area contributed by atoms with Crippen molar-refractivity contribution in [3.05, 3.63) is 131 Å². The maximum Gasteiger partial charge on any atom is 0.337 e. The lowest BCUT2D eigenvalue weighted by molar-refractivity contribution is -0.136. The van der Waals surface area contributed by atoms with Gasteiger partial charge in [-0.3, -0.25) is 0 Å². The number of aryl methyl sites for hydroxylation is 2. The summed E-state index contributed by atoms with van der Waals surface area (Å²) in [7, 11) is 4.76. The molecule has 0 unspecified atom stereocenters. The third-order valence-corrected chi connectivity index (χ3v) is 7.63. The van der Waals surface area contributed by atoms with Gasteiger partial charge in [-0.15, -0.1) is 0 Å². The van der Waals surface area contributed by atoms with Crippen molar-refractivity contribution in [3.63, 3.8) is 0 Å². The summed E-state index contributed by atoms with van der Waals surface area (Å²) in [5.41, 5.74) is 7.71. The summed E-state index contributed by atoms with van der Waals surface area (Å²) < 4.78 is 16.4. The van der Waals surface area contributed by atoms with E-state index in [0.29, 0.717) is 12.0 Å². The molecule has 1 aliphatic heterocycles. The summed E-state index contributed by atoms with van der Waals surface area (Å²) in [6, 6.07) is 32.2. The van der Waals surface area contributed by atoms with Gasteiger partial charge in [0, 0.05) is 23.5 Å². The highest BCUT2D eigenvalue weighted by molar-refractivity contribution is 5.93. The highest BCUT2D eigenvalue weighted by Crippen LogP contribution is 2.48. The number of methoxy groups -OCH3 is 3. The van der Waals surface area contributed by atoms with Crippen molar-refractivity contribution in [1.29, 1.82) is 0 Å². The lowest BCUT2D eigenvalue weighted by Gasteiger charge is -2.46. The highest BCUT2D eigenvalue weighted by Gasteiger charge is 2.41. The van der Waals surface area contributed by atoms with Crippen LogP contribution in [0.15, 0.2) is 108 Å². The SMILES string of the molecule is COC(=O)C1=C(Nc2ccc(C)cc2)C[C@@H](c2ccc(OC)cc2)N(c2ccc(C)cc2)[C@@H]1c1ccc(OC)cc1. The minimum absolute atomic E-state index is 0.0999. The Hall–Kier alpha value is -4.71. The molecule has 2 atom stereocenters. The fourth-order valence-corrected chi connectivity index (χ4v) is 5.42. The van der Waals surface area contributed by atoms with Gasteiger partial charge in [-0.05, 0) is 73.5 Å². The second-order valence-electron chi connectivity index (χ2n) is 10.3. The van der Waals surface area contributed by atoms with Crippen LogP contribution in [-0.4, -0.2) is 27.3 Å². The van der Waals surface area contributed by atoms with E-state index in [1.54, 1.807) is 14.2 Å². The number of anilines is 2. The lowest BCUT2D eigenvalue weighted by Crippen LogP contribution is -2.41. The van der Waals surface area contributed by atoms with E-state index in [1.165, 1.54) is 18.2 Å². The molecule has 1 N–H and O–H groups in total. The minimum atomic E-state index is -0.440. The number of ether oxygens (including phenoxy) is 3. The van der Waals surface area contributed by atoms with Gasteiger partial charge >= 0.3 is 5.97 Å². The Morgan fingerprint density at radius 3 is 1.73 bits per heavy atom. The zero-order valence-corrected chi connectivity index (χ0v) is 24.2. The predicted molar refractivity (Wildman–Crippen MR) is 164 cm³/mol. The number of hydrogen-bond donors (Lipinski definition) is 1. The van der Waals surface area contributed by atoms with Crippen molar-refractivity contribution in [3.8, 4) is 11.5 Å². The zero-order valence-electron chi connectivity index (χ0n) is 24.2. The topological polar surface area (TPSA) is 60.0 Å². The Morgan fingerprint density at radius 1 is 0.707 bits per heavy atom. The first-order valence-electron chi connectivity index (χ1n) is 13.7. The average Bonchev–Trinajstić information content (AvgIpc) is 3.02. The average molecular weight is 549 g/mol. The van der Waals surface area contributed by atoms with Gasteiger partial charge in [-0.2, -0.15) is 0 Å². The molecule has 5 rings (SSSR count).